The Morgan fingerprint density at radius 3 is 2.91 bits per heavy atom. The minimum atomic E-state index is -0.0206. The summed E-state index contributed by atoms with van der Waals surface area (Å²) in [6.45, 7) is 1.92. The summed E-state index contributed by atoms with van der Waals surface area (Å²) in [4.78, 5) is 19.3. The minimum Gasteiger partial charge on any atom is -0.473 e. The Kier molecular flexibility index (Phi) is 5.35. The van der Waals surface area contributed by atoms with Crippen LogP contribution < -0.4 is 10.1 Å². The van der Waals surface area contributed by atoms with E-state index in [1.54, 1.807) is 29.7 Å². The third-order valence-electron chi connectivity index (χ3n) is 3.73. The number of amides is 2. The molecule has 1 aliphatic heterocycles. The highest BCUT2D eigenvalue weighted by Gasteiger charge is 2.24. The number of pyridine rings is 1. The number of hydrogen-bond acceptors (Lipinski definition) is 4. The quantitative estimate of drug-likeness (QED) is 0.916. The highest BCUT2D eigenvalue weighted by atomic mass is 35.5. The summed E-state index contributed by atoms with van der Waals surface area (Å²) in [5.74, 6) is 0.467. The Hall–Kier alpha value is -1.79. The standard InChI is InChI=1S/C16H18ClN3O2S/c17-14-4-1-7-18-15(14)22-12-5-8-20(9-6-12)16(21)19-11-13-3-2-10-23-13/h1-4,7,10,12H,5-6,8-9,11H2,(H,19,21). The first-order valence-electron chi connectivity index (χ1n) is 7.54. The van der Waals surface area contributed by atoms with Crippen molar-refractivity contribution < 1.29 is 9.53 Å². The smallest absolute Gasteiger partial charge is 0.317 e. The highest BCUT2D eigenvalue weighted by Crippen LogP contribution is 2.24. The zero-order valence-corrected chi connectivity index (χ0v) is 14.1. The Labute approximate surface area is 144 Å². The molecule has 0 aromatic carbocycles. The zero-order chi connectivity index (χ0) is 16.1. The molecule has 122 valence electrons. The summed E-state index contributed by atoms with van der Waals surface area (Å²) >= 11 is 7.69. The van der Waals surface area contributed by atoms with Gasteiger partial charge in [-0.05, 0) is 23.6 Å². The molecule has 0 saturated carbocycles. The van der Waals surface area contributed by atoms with Crippen molar-refractivity contribution in [2.45, 2.75) is 25.5 Å². The second-order valence-electron chi connectivity index (χ2n) is 5.33. The molecular formula is C16H18ClN3O2S. The molecule has 1 N–H and O–H groups in total. The lowest BCUT2D eigenvalue weighted by molar-refractivity contribution is 0.107. The van der Waals surface area contributed by atoms with Crippen LogP contribution in [0.25, 0.3) is 0 Å². The second-order valence-corrected chi connectivity index (χ2v) is 6.77. The third-order valence-corrected chi connectivity index (χ3v) is 4.89. The van der Waals surface area contributed by atoms with E-state index in [1.165, 1.54) is 0 Å². The lowest BCUT2D eigenvalue weighted by Gasteiger charge is -2.32. The van der Waals surface area contributed by atoms with Crippen LogP contribution in [0, 0.1) is 0 Å². The molecule has 5 nitrogen and oxygen atoms in total. The number of piperidine rings is 1. The predicted molar refractivity (Wildman–Crippen MR) is 91.0 cm³/mol. The van der Waals surface area contributed by atoms with Crippen LogP contribution in [0.2, 0.25) is 5.02 Å². The van der Waals surface area contributed by atoms with E-state index in [9.17, 15) is 4.79 Å². The molecule has 23 heavy (non-hydrogen) atoms. The van der Waals surface area contributed by atoms with E-state index in [4.69, 9.17) is 16.3 Å². The van der Waals surface area contributed by atoms with Crippen LogP contribution in [0.4, 0.5) is 4.79 Å². The lowest BCUT2D eigenvalue weighted by atomic mass is 10.1. The highest BCUT2D eigenvalue weighted by molar-refractivity contribution is 7.09. The van der Waals surface area contributed by atoms with E-state index in [2.05, 4.69) is 10.3 Å². The number of thiophene rings is 1. The zero-order valence-electron chi connectivity index (χ0n) is 12.6. The molecule has 3 heterocycles. The molecule has 0 aliphatic carbocycles. The van der Waals surface area contributed by atoms with Gasteiger partial charge in [0, 0.05) is 37.0 Å². The third kappa shape index (κ3) is 4.36. The van der Waals surface area contributed by atoms with Crippen molar-refractivity contribution in [2.24, 2.45) is 0 Å². The first-order chi connectivity index (χ1) is 11.2. The van der Waals surface area contributed by atoms with Gasteiger partial charge in [-0.3, -0.25) is 0 Å². The van der Waals surface area contributed by atoms with Gasteiger partial charge >= 0.3 is 6.03 Å². The number of rotatable bonds is 4. The molecule has 0 radical (unpaired) electrons. The number of hydrogen-bond donors (Lipinski definition) is 1. The fourth-order valence-electron chi connectivity index (χ4n) is 2.48. The van der Waals surface area contributed by atoms with Crippen molar-refractivity contribution in [1.82, 2.24) is 15.2 Å². The Morgan fingerprint density at radius 2 is 2.22 bits per heavy atom. The molecule has 2 amide bonds. The first kappa shape index (κ1) is 16.1. The van der Waals surface area contributed by atoms with Crippen LogP contribution in [0.1, 0.15) is 17.7 Å². The molecule has 2 aromatic heterocycles. The molecule has 1 saturated heterocycles. The molecule has 1 aliphatic rings. The Bertz CT molecular complexity index is 643. The monoisotopic (exact) mass is 351 g/mol. The fraction of sp³-hybridized carbons (Fsp3) is 0.375. The summed E-state index contributed by atoms with van der Waals surface area (Å²) < 4.78 is 5.83. The SMILES string of the molecule is O=C(NCc1cccs1)N1CCC(Oc2ncccc2Cl)CC1. The largest absolute Gasteiger partial charge is 0.473 e. The molecule has 1 fully saturated rings. The number of aromatic nitrogens is 1. The van der Waals surface area contributed by atoms with Gasteiger partial charge in [0.05, 0.1) is 6.54 Å². The maximum absolute atomic E-state index is 12.2. The average Bonchev–Trinajstić information content (AvgIpc) is 3.09. The number of urea groups is 1. The van der Waals surface area contributed by atoms with Gasteiger partial charge in [0.2, 0.25) is 5.88 Å². The van der Waals surface area contributed by atoms with Gasteiger partial charge in [-0.15, -0.1) is 11.3 Å². The summed E-state index contributed by atoms with van der Waals surface area (Å²) in [7, 11) is 0. The van der Waals surface area contributed by atoms with Crippen LogP contribution in [-0.4, -0.2) is 35.1 Å². The van der Waals surface area contributed by atoms with Crippen molar-refractivity contribution in [1.29, 1.82) is 0 Å². The Balaban J connectivity index is 1.44. The summed E-state index contributed by atoms with van der Waals surface area (Å²) in [5.41, 5.74) is 0. The summed E-state index contributed by atoms with van der Waals surface area (Å²) in [6.07, 6.45) is 3.26. The van der Waals surface area contributed by atoms with E-state index in [0.717, 1.165) is 17.7 Å². The Morgan fingerprint density at radius 1 is 1.39 bits per heavy atom. The van der Waals surface area contributed by atoms with Gasteiger partial charge in [-0.2, -0.15) is 0 Å². The van der Waals surface area contributed by atoms with E-state index in [0.29, 0.717) is 30.5 Å². The number of ether oxygens (including phenoxy) is 1. The van der Waals surface area contributed by atoms with Gasteiger partial charge in [0.15, 0.2) is 0 Å². The molecule has 2 aromatic rings. The number of halogens is 1. The van der Waals surface area contributed by atoms with Crippen molar-refractivity contribution >= 4 is 29.0 Å². The van der Waals surface area contributed by atoms with E-state index in [-0.39, 0.29) is 12.1 Å². The van der Waals surface area contributed by atoms with Crippen LogP contribution in [-0.2, 0) is 6.54 Å². The van der Waals surface area contributed by atoms with Crippen LogP contribution in [0.15, 0.2) is 35.8 Å². The number of nitrogens with zero attached hydrogens (tertiary/aromatic N) is 2. The van der Waals surface area contributed by atoms with Gasteiger partial charge < -0.3 is 15.0 Å². The van der Waals surface area contributed by atoms with E-state index >= 15 is 0 Å². The predicted octanol–water partition coefficient (Wildman–Crippen LogP) is 3.55. The molecule has 0 unspecified atom stereocenters. The van der Waals surface area contributed by atoms with Crippen LogP contribution in [0.5, 0.6) is 5.88 Å². The maximum Gasteiger partial charge on any atom is 0.317 e. The van der Waals surface area contributed by atoms with E-state index in [1.807, 2.05) is 22.4 Å². The molecule has 0 atom stereocenters. The van der Waals surface area contributed by atoms with Gasteiger partial charge in [-0.25, -0.2) is 9.78 Å². The first-order valence-corrected chi connectivity index (χ1v) is 8.80. The molecule has 0 spiro atoms. The van der Waals surface area contributed by atoms with Crippen LogP contribution in [0.3, 0.4) is 0 Å². The fourth-order valence-corrected chi connectivity index (χ4v) is 3.29. The van der Waals surface area contributed by atoms with Crippen molar-refractivity contribution in [3.8, 4) is 5.88 Å². The number of likely N-dealkylation sites (tertiary alicyclic amines) is 1. The number of nitrogens with one attached hydrogen (secondary N) is 1. The minimum absolute atomic E-state index is 0.0206. The maximum atomic E-state index is 12.2. The average molecular weight is 352 g/mol. The molecular weight excluding hydrogens is 334 g/mol. The number of carbonyl (C=O) groups is 1. The normalized spacial score (nSPS) is 15.4. The summed E-state index contributed by atoms with van der Waals surface area (Å²) in [5, 5.41) is 5.48. The van der Waals surface area contributed by atoms with E-state index < -0.39 is 0 Å². The molecule has 0 bridgehead atoms. The van der Waals surface area contributed by atoms with Gasteiger partial charge in [-0.1, -0.05) is 17.7 Å². The lowest BCUT2D eigenvalue weighted by Crippen LogP contribution is -2.46. The topological polar surface area (TPSA) is 54.5 Å². The summed E-state index contributed by atoms with van der Waals surface area (Å²) in [6, 6.07) is 7.51. The van der Waals surface area contributed by atoms with Gasteiger partial charge in [0.25, 0.3) is 0 Å². The van der Waals surface area contributed by atoms with Crippen molar-refractivity contribution in [2.75, 3.05) is 13.1 Å². The second kappa shape index (κ2) is 7.66. The molecule has 3 rings (SSSR count). The number of carbonyl (C=O) groups excluding carboxylic acids is 1. The molecule has 7 heteroatoms. The van der Waals surface area contributed by atoms with Gasteiger partial charge in [0.1, 0.15) is 11.1 Å². The van der Waals surface area contributed by atoms with Crippen LogP contribution >= 0.6 is 22.9 Å². The van der Waals surface area contributed by atoms with Crippen molar-refractivity contribution in [3.05, 3.63) is 45.7 Å². The van der Waals surface area contributed by atoms with Crippen molar-refractivity contribution in [3.63, 3.8) is 0 Å².